The number of ketones is 1. The molecule has 0 saturated heterocycles. The van der Waals surface area contributed by atoms with Crippen molar-refractivity contribution in [2.75, 3.05) is 13.2 Å². The van der Waals surface area contributed by atoms with Crippen LogP contribution in [0.2, 0.25) is 0 Å². The first-order valence-corrected chi connectivity index (χ1v) is 10.2. The monoisotopic (exact) mass is 454 g/mol. The first kappa shape index (κ1) is 22.6. The van der Waals surface area contributed by atoms with Crippen LogP contribution in [0.3, 0.4) is 0 Å². The molecule has 1 fully saturated rings. The Hall–Kier alpha value is -1.73. The fourth-order valence-electron chi connectivity index (χ4n) is 4.39. The SMILES string of the molecule is CCOC(=O)[C@@H]1[C@H](c2cccc(Br)c2)[C@@H](C(=O)OCC)C[C@@](C)(O)[C@@H]1C(C)=O. The Morgan fingerprint density at radius 1 is 1.18 bits per heavy atom. The topological polar surface area (TPSA) is 89.9 Å². The number of carbonyl (C=O) groups excluding carboxylic acids is 3. The van der Waals surface area contributed by atoms with E-state index in [4.69, 9.17) is 9.47 Å². The maximum absolute atomic E-state index is 12.9. The summed E-state index contributed by atoms with van der Waals surface area (Å²) in [5.74, 6) is -4.82. The third-order valence-electron chi connectivity index (χ3n) is 5.30. The van der Waals surface area contributed by atoms with E-state index in [1.54, 1.807) is 19.9 Å². The van der Waals surface area contributed by atoms with Crippen molar-refractivity contribution in [3.05, 3.63) is 34.3 Å². The Labute approximate surface area is 173 Å². The minimum Gasteiger partial charge on any atom is -0.466 e. The van der Waals surface area contributed by atoms with Crippen LogP contribution < -0.4 is 0 Å². The van der Waals surface area contributed by atoms with Crippen molar-refractivity contribution in [2.45, 2.75) is 45.6 Å². The number of rotatable bonds is 6. The minimum atomic E-state index is -1.54. The molecule has 1 aromatic carbocycles. The molecule has 1 aromatic rings. The summed E-state index contributed by atoms with van der Waals surface area (Å²) < 4.78 is 11.3. The number of hydrogen-bond donors (Lipinski definition) is 1. The fraction of sp³-hybridized carbons (Fsp3) is 0.571. The number of ether oxygens (including phenoxy) is 2. The number of aliphatic hydroxyl groups is 1. The van der Waals surface area contributed by atoms with Gasteiger partial charge in [0.15, 0.2) is 0 Å². The van der Waals surface area contributed by atoms with E-state index in [0.717, 1.165) is 4.47 Å². The van der Waals surface area contributed by atoms with Crippen molar-refractivity contribution < 1.29 is 29.0 Å². The Balaban J connectivity index is 2.68. The second-order valence-electron chi connectivity index (χ2n) is 7.37. The van der Waals surface area contributed by atoms with Gasteiger partial charge in [-0.25, -0.2) is 0 Å². The van der Waals surface area contributed by atoms with E-state index < -0.39 is 41.2 Å². The van der Waals surface area contributed by atoms with Crippen molar-refractivity contribution in [2.24, 2.45) is 17.8 Å². The fourth-order valence-corrected chi connectivity index (χ4v) is 4.81. The van der Waals surface area contributed by atoms with Gasteiger partial charge in [-0.2, -0.15) is 0 Å². The van der Waals surface area contributed by atoms with E-state index in [1.807, 2.05) is 18.2 Å². The maximum Gasteiger partial charge on any atom is 0.310 e. The smallest absolute Gasteiger partial charge is 0.310 e. The predicted molar refractivity (Wildman–Crippen MR) is 107 cm³/mol. The molecule has 28 heavy (non-hydrogen) atoms. The van der Waals surface area contributed by atoms with Gasteiger partial charge in [-0.15, -0.1) is 0 Å². The molecule has 0 spiro atoms. The molecule has 2 rings (SSSR count). The number of esters is 2. The van der Waals surface area contributed by atoms with Gasteiger partial charge >= 0.3 is 11.9 Å². The highest BCUT2D eigenvalue weighted by Crippen LogP contribution is 2.51. The average molecular weight is 455 g/mol. The third-order valence-corrected chi connectivity index (χ3v) is 5.80. The summed E-state index contributed by atoms with van der Waals surface area (Å²) in [4.78, 5) is 38.2. The first-order chi connectivity index (χ1) is 13.1. The molecule has 1 aliphatic rings. The zero-order valence-electron chi connectivity index (χ0n) is 16.6. The van der Waals surface area contributed by atoms with Crippen LogP contribution in [-0.4, -0.2) is 41.6 Å². The van der Waals surface area contributed by atoms with Gasteiger partial charge in [0.2, 0.25) is 0 Å². The molecular weight excluding hydrogens is 428 g/mol. The summed E-state index contributed by atoms with van der Waals surface area (Å²) in [6, 6.07) is 7.27. The Morgan fingerprint density at radius 3 is 2.32 bits per heavy atom. The lowest BCUT2D eigenvalue weighted by Crippen LogP contribution is -2.56. The summed E-state index contributed by atoms with van der Waals surface area (Å²) in [6.45, 7) is 6.55. The Morgan fingerprint density at radius 2 is 1.79 bits per heavy atom. The van der Waals surface area contributed by atoms with E-state index in [2.05, 4.69) is 15.9 Å². The van der Waals surface area contributed by atoms with Gasteiger partial charge in [0.05, 0.1) is 36.6 Å². The number of benzene rings is 1. The van der Waals surface area contributed by atoms with Crippen molar-refractivity contribution in [1.29, 1.82) is 0 Å². The van der Waals surface area contributed by atoms with Crippen molar-refractivity contribution in [3.63, 3.8) is 0 Å². The summed E-state index contributed by atoms with van der Waals surface area (Å²) in [5.41, 5.74) is -0.823. The molecule has 0 heterocycles. The van der Waals surface area contributed by atoms with E-state index in [9.17, 15) is 19.5 Å². The van der Waals surface area contributed by atoms with E-state index in [1.165, 1.54) is 13.8 Å². The molecule has 1 N–H and O–H groups in total. The summed E-state index contributed by atoms with van der Waals surface area (Å²) in [5, 5.41) is 11.1. The molecule has 0 radical (unpaired) electrons. The van der Waals surface area contributed by atoms with Gasteiger partial charge in [-0.3, -0.25) is 14.4 Å². The molecule has 0 aromatic heterocycles. The molecule has 1 saturated carbocycles. The van der Waals surface area contributed by atoms with Crippen LogP contribution in [0, 0.1) is 17.8 Å². The third kappa shape index (κ3) is 4.63. The van der Waals surface area contributed by atoms with E-state index >= 15 is 0 Å². The maximum atomic E-state index is 12.9. The summed E-state index contributed by atoms with van der Waals surface area (Å²) >= 11 is 3.42. The summed E-state index contributed by atoms with van der Waals surface area (Å²) in [6.07, 6.45) is 0.0170. The number of Topliss-reactive ketones (excluding diaryl/α,β-unsaturated/α-hetero) is 1. The van der Waals surface area contributed by atoms with Gasteiger partial charge in [0, 0.05) is 10.4 Å². The normalized spacial score (nSPS) is 29.8. The van der Waals surface area contributed by atoms with Crippen molar-refractivity contribution in [3.8, 4) is 0 Å². The quantitative estimate of drug-likeness (QED) is 0.663. The molecule has 0 unspecified atom stereocenters. The highest BCUT2D eigenvalue weighted by molar-refractivity contribution is 9.10. The molecule has 6 nitrogen and oxygen atoms in total. The van der Waals surface area contributed by atoms with Gasteiger partial charge < -0.3 is 14.6 Å². The predicted octanol–water partition coefficient (Wildman–Crippen LogP) is 3.25. The first-order valence-electron chi connectivity index (χ1n) is 9.45. The number of halogens is 1. The number of hydrogen-bond acceptors (Lipinski definition) is 6. The minimum absolute atomic E-state index is 0.0170. The zero-order chi connectivity index (χ0) is 21.1. The highest BCUT2D eigenvalue weighted by atomic mass is 79.9. The Kier molecular flexibility index (Phi) is 7.39. The van der Waals surface area contributed by atoms with Gasteiger partial charge in [-0.1, -0.05) is 28.1 Å². The van der Waals surface area contributed by atoms with Crippen LogP contribution in [0.25, 0.3) is 0 Å². The van der Waals surface area contributed by atoms with Crippen LogP contribution >= 0.6 is 15.9 Å². The van der Waals surface area contributed by atoms with Crippen LogP contribution in [0.5, 0.6) is 0 Å². The van der Waals surface area contributed by atoms with Gasteiger partial charge in [0.1, 0.15) is 5.78 Å². The average Bonchev–Trinajstić information content (AvgIpc) is 2.60. The Bertz CT molecular complexity index is 744. The molecule has 154 valence electrons. The van der Waals surface area contributed by atoms with Crippen LogP contribution in [0.1, 0.15) is 45.6 Å². The lowest BCUT2D eigenvalue weighted by Gasteiger charge is -2.47. The molecule has 5 atom stereocenters. The molecular formula is C21H27BrO6. The number of carbonyl (C=O) groups is 3. The van der Waals surface area contributed by atoms with Crippen molar-refractivity contribution in [1.82, 2.24) is 0 Å². The zero-order valence-corrected chi connectivity index (χ0v) is 18.2. The molecule has 0 aliphatic heterocycles. The van der Waals surface area contributed by atoms with Gasteiger partial charge in [-0.05, 0) is 51.8 Å². The molecule has 1 aliphatic carbocycles. The van der Waals surface area contributed by atoms with E-state index in [0.29, 0.717) is 5.56 Å². The second kappa shape index (κ2) is 9.18. The lowest BCUT2D eigenvalue weighted by molar-refractivity contribution is -0.176. The standard InChI is InChI=1S/C21H27BrO6/c1-5-27-19(24)15-11-21(4,26)18(12(3)23)17(20(25)28-6-2)16(15)13-8-7-9-14(22)10-13/h7-10,15-18,26H,5-6,11H2,1-4H3/t15-,16+,17+,18+,21+/m0/s1. The largest absolute Gasteiger partial charge is 0.466 e. The van der Waals surface area contributed by atoms with E-state index in [-0.39, 0.29) is 25.4 Å². The molecule has 0 amide bonds. The lowest BCUT2D eigenvalue weighted by atomic mass is 9.57. The van der Waals surface area contributed by atoms with Crippen LogP contribution in [0.15, 0.2) is 28.7 Å². The van der Waals surface area contributed by atoms with Crippen LogP contribution in [-0.2, 0) is 23.9 Å². The van der Waals surface area contributed by atoms with Crippen LogP contribution in [0.4, 0.5) is 0 Å². The van der Waals surface area contributed by atoms with Crippen molar-refractivity contribution >= 4 is 33.7 Å². The molecule has 0 bridgehead atoms. The highest BCUT2D eigenvalue weighted by Gasteiger charge is 2.57. The second-order valence-corrected chi connectivity index (χ2v) is 8.28. The summed E-state index contributed by atoms with van der Waals surface area (Å²) in [7, 11) is 0. The molecule has 7 heteroatoms. The van der Waals surface area contributed by atoms with Gasteiger partial charge in [0.25, 0.3) is 0 Å².